The normalized spacial score (nSPS) is 14.7. The number of benzene rings is 2. The van der Waals surface area contributed by atoms with Crippen LogP contribution in [0.5, 0.6) is 0 Å². The lowest BCUT2D eigenvalue weighted by atomic mass is 10.2. The fourth-order valence-electron chi connectivity index (χ4n) is 2.91. The van der Waals surface area contributed by atoms with Crippen LogP contribution < -0.4 is 5.32 Å². The predicted octanol–water partition coefficient (Wildman–Crippen LogP) is 2.78. The van der Waals surface area contributed by atoms with Gasteiger partial charge in [0.25, 0.3) is 5.91 Å². The van der Waals surface area contributed by atoms with E-state index in [1.807, 2.05) is 18.2 Å². The van der Waals surface area contributed by atoms with E-state index in [4.69, 9.17) is 21.1 Å². The van der Waals surface area contributed by atoms with Crippen molar-refractivity contribution in [3.8, 4) is 0 Å². The van der Waals surface area contributed by atoms with Gasteiger partial charge in [-0.2, -0.15) is 4.31 Å². The van der Waals surface area contributed by atoms with Crippen molar-refractivity contribution in [1.29, 1.82) is 0 Å². The Kier molecular flexibility index (Phi) is 8.94. The van der Waals surface area contributed by atoms with Gasteiger partial charge < -0.3 is 14.8 Å². The van der Waals surface area contributed by atoms with E-state index in [9.17, 15) is 18.0 Å². The van der Waals surface area contributed by atoms with Crippen LogP contribution >= 0.6 is 23.4 Å². The average molecular weight is 499 g/mol. The Bertz CT molecular complexity index is 1040. The van der Waals surface area contributed by atoms with Crippen LogP contribution in [0, 0.1) is 0 Å². The maximum atomic E-state index is 12.6. The molecule has 32 heavy (non-hydrogen) atoms. The molecule has 0 atom stereocenters. The van der Waals surface area contributed by atoms with E-state index in [1.54, 1.807) is 6.07 Å². The first kappa shape index (κ1) is 24.5. The molecule has 0 unspecified atom stereocenters. The molecule has 1 amide bonds. The van der Waals surface area contributed by atoms with Gasteiger partial charge in [-0.3, -0.25) is 9.59 Å². The molecule has 2 aromatic carbocycles. The van der Waals surface area contributed by atoms with Crippen LogP contribution in [0.2, 0.25) is 5.02 Å². The minimum absolute atomic E-state index is 0.105. The van der Waals surface area contributed by atoms with Crippen LogP contribution in [0.1, 0.15) is 5.56 Å². The largest absolute Gasteiger partial charge is 0.455 e. The highest BCUT2D eigenvalue weighted by molar-refractivity contribution is 7.99. The number of halogens is 1. The molecular formula is C21H23ClN2O6S2. The topological polar surface area (TPSA) is 102 Å². The zero-order valence-corrected chi connectivity index (χ0v) is 19.5. The first-order valence-corrected chi connectivity index (χ1v) is 12.8. The summed E-state index contributed by atoms with van der Waals surface area (Å²) in [6.45, 7) is 0.925. The second-order valence-electron chi connectivity index (χ2n) is 6.87. The van der Waals surface area contributed by atoms with E-state index < -0.39 is 28.5 Å². The third-order valence-corrected chi connectivity index (χ3v) is 7.61. The molecule has 1 saturated heterocycles. The lowest BCUT2D eigenvalue weighted by Crippen LogP contribution is -2.40. The van der Waals surface area contributed by atoms with Crippen molar-refractivity contribution in [3.05, 3.63) is 59.1 Å². The molecule has 1 heterocycles. The lowest BCUT2D eigenvalue weighted by molar-refractivity contribution is -0.144. The van der Waals surface area contributed by atoms with Crippen LogP contribution in [0.4, 0.5) is 5.69 Å². The number of hydrogen-bond donors (Lipinski definition) is 1. The van der Waals surface area contributed by atoms with Crippen LogP contribution in [0.3, 0.4) is 0 Å². The van der Waals surface area contributed by atoms with Gasteiger partial charge in [0.05, 0.1) is 23.9 Å². The van der Waals surface area contributed by atoms with Crippen molar-refractivity contribution in [1.82, 2.24) is 4.31 Å². The molecule has 0 bridgehead atoms. The summed E-state index contributed by atoms with van der Waals surface area (Å²) in [5.74, 6) is -0.309. The minimum atomic E-state index is -3.60. The number of esters is 1. The summed E-state index contributed by atoms with van der Waals surface area (Å²) in [6.07, 6.45) is 0. The van der Waals surface area contributed by atoms with Crippen molar-refractivity contribution in [2.75, 3.05) is 44.0 Å². The van der Waals surface area contributed by atoms with E-state index >= 15 is 0 Å². The Labute approximate surface area is 196 Å². The summed E-state index contributed by atoms with van der Waals surface area (Å²) in [5, 5.41) is 3.21. The van der Waals surface area contributed by atoms with Gasteiger partial charge in [0.15, 0.2) is 6.61 Å². The summed E-state index contributed by atoms with van der Waals surface area (Å²) < 4.78 is 36.8. The summed E-state index contributed by atoms with van der Waals surface area (Å²) in [7, 11) is -3.60. The molecule has 0 saturated carbocycles. The van der Waals surface area contributed by atoms with E-state index in [0.717, 1.165) is 5.56 Å². The summed E-state index contributed by atoms with van der Waals surface area (Å²) >= 11 is 7.28. The highest BCUT2D eigenvalue weighted by Crippen LogP contribution is 2.20. The molecular weight excluding hydrogens is 476 g/mol. The maximum absolute atomic E-state index is 12.6. The standard InChI is InChI=1S/C21H23ClN2O6S2/c22-17-3-1-2-16(12-17)14-31-15-21(26)30-13-20(25)23-18-4-6-19(7-5-18)32(27,28)24-8-10-29-11-9-24/h1-7,12H,8-11,13-15H2,(H,23,25). The van der Waals surface area contributed by atoms with Crippen LogP contribution in [0.25, 0.3) is 0 Å². The van der Waals surface area contributed by atoms with Crippen molar-refractivity contribution in [2.24, 2.45) is 0 Å². The smallest absolute Gasteiger partial charge is 0.316 e. The van der Waals surface area contributed by atoms with E-state index in [1.165, 1.54) is 40.3 Å². The molecule has 1 aliphatic rings. The number of sulfonamides is 1. The SMILES string of the molecule is O=C(COC(=O)CSCc1cccc(Cl)c1)Nc1ccc(S(=O)(=O)N2CCOCC2)cc1. The van der Waals surface area contributed by atoms with Gasteiger partial charge in [-0.05, 0) is 42.0 Å². The maximum Gasteiger partial charge on any atom is 0.316 e. The fourth-order valence-corrected chi connectivity index (χ4v) is 5.30. The third kappa shape index (κ3) is 7.21. The van der Waals surface area contributed by atoms with E-state index in [-0.39, 0.29) is 10.6 Å². The van der Waals surface area contributed by atoms with Gasteiger partial charge >= 0.3 is 5.97 Å². The first-order chi connectivity index (χ1) is 15.3. The highest BCUT2D eigenvalue weighted by Gasteiger charge is 2.26. The fraction of sp³-hybridized carbons (Fsp3) is 0.333. The van der Waals surface area contributed by atoms with E-state index in [0.29, 0.717) is 42.8 Å². The molecule has 3 rings (SSSR count). The third-order valence-electron chi connectivity index (χ3n) is 4.49. The average Bonchev–Trinajstić information content (AvgIpc) is 2.79. The second-order valence-corrected chi connectivity index (χ2v) is 10.2. The number of anilines is 1. The number of rotatable bonds is 9. The van der Waals surface area contributed by atoms with Crippen molar-refractivity contribution >= 4 is 50.9 Å². The van der Waals surface area contributed by atoms with Crippen LogP contribution in [-0.4, -0.2) is 63.3 Å². The number of nitrogens with zero attached hydrogens (tertiary/aromatic N) is 1. The number of carbonyl (C=O) groups excluding carboxylic acids is 2. The number of ether oxygens (including phenoxy) is 2. The monoisotopic (exact) mass is 498 g/mol. The predicted molar refractivity (Wildman–Crippen MR) is 123 cm³/mol. The number of nitrogens with one attached hydrogen (secondary N) is 1. The van der Waals surface area contributed by atoms with Gasteiger partial charge in [-0.15, -0.1) is 11.8 Å². The molecule has 0 aromatic heterocycles. The number of hydrogen-bond acceptors (Lipinski definition) is 7. The molecule has 11 heteroatoms. The van der Waals surface area contributed by atoms with Crippen molar-refractivity contribution in [3.63, 3.8) is 0 Å². The summed E-state index contributed by atoms with van der Waals surface area (Å²) in [5.41, 5.74) is 1.40. The number of morpholine rings is 1. The van der Waals surface area contributed by atoms with Gasteiger partial charge in [0, 0.05) is 29.6 Å². The number of thioether (sulfide) groups is 1. The van der Waals surface area contributed by atoms with Gasteiger partial charge in [-0.1, -0.05) is 23.7 Å². The second kappa shape index (κ2) is 11.7. The van der Waals surface area contributed by atoms with Crippen LogP contribution in [0.15, 0.2) is 53.4 Å². The Morgan fingerprint density at radius 2 is 1.84 bits per heavy atom. The number of amides is 1. The molecule has 0 spiro atoms. The van der Waals surface area contributed by atoms with Crippen LogP contribution in [-0.2, 0) is 34.8 Å². The zero-order chi connectivity index (χ0) is 23.0. The van der Waals surface area contributed by atoms with Gasteiger partial charge in [0.2, 0.25) is 10.0 Å². The van der Waals surface area contributed by atoms with Gasteiger partial charge in [0.1, 0.15) is 0 Å². The molecule has 1 aliphatic heterocycles. The first-order valence-electron chi connectivity index (χ1n) is 9.80. The molecule has 1 fully saturated rings. The summed E-state index contributed by atoms with van der Waals surface area (Å²) in [6, 6.07) is 13.2. The molecule has 1 N–H and O–H groups in total. The molecule has 0 aliphatic carbocycles. The Morgan fingerprint density at radius 1 is 1.12 bits per heavy atom. The molecule has 0 radical (unpaired) electrons. The molecule has 172 valence electrons. The Hall–Kier alpha value is -2.11. The van der Waals surface area contributed by atoms with Crippen molar-refractivity contribution < 1.29 is 27.5 Å². The zero-order valence-electron chi connectivity index (χ0n) is 17.2. The molecule has 8 nitrogen and oxygen atoms in total. The number of carbonyl (C=O) groups is 2. The van der Waals surface area contributed by atoms with Crippen molar-refractivity contribution in [2.45, 2.75) is 10.6 Å². The van der Waals surface area contributed by atoms with E-state index in [2.05, 4.69) is 5.32 Å². The quantitative estimate of drug-likeness (QED) is 0.530. The highest BCUT2D eigenvalue weighted by atomic mass is 35.5. The molecule has 2 aromatic rings. The summed E-state index contributed by atoms with van der Waals surface area (Å²) in [4.78, 5) is 24.0. The minimum Gasteiger partial charge on any atom is -0.455 e. The Balaban J connectivity index is 1.41. The lowest BCUT2D eigenvalue weighted by Gasteiger charge is -2.26. The van der Waals surface area contributed by atoms with Gasteiger partial charge in [-0.25, -0.2) is 8.42 Å². The Morgan fingerprint density at radius 3 is 2.53 bits per heavy atom.